The summed E-state index contributed by atoms with van der Waals surface area (Å²) in [6, 6.07) is 22.2. The number of rotatable bonds is 7. The van der Waals surface area contributed by atoms with E-state index in [-0.39, 0.29) is 0 Å². The largest absolute Gasteiger partial charge is 0.316 e. The minimum absolute atomic E-state index is 0.413. The average Bonchev–Trinajstić information content (AvgIpc) is 2.53. The van der Waals surface area contributed by atoms with Crippen LogP contribution in [0.1, 0.15) is 43.7 Å². The molecule has 1 unspecified atom stereocenters. The van der Waals surface area contributed by atoms with Crippen molar-refractivity contribution in [2.75, 3.05) is 7.05 Å². The van der Waals surface area contributed by atoms with Crippen molar-refractivity contribution in [3.63, 3.8) is 0 Å². The fraction of sp³-hybridized carbons (Fsp3) is 0.400. The van der Waals surface area contributed by atoms with Crippen LogP contribution < -0.4 is 5.32 Å². The second-order valence-electron chi connectivity index (χ2n) is 6.17. The molecule has 1 atom stereocenters. The standard InChI is InChI=1S/C20H27N/c1-16(2)14-15-19(21-3)20(17-10-6-4-7-11-17)18-12-8-5-9-13-18/h4-13,16,19-21H,14-15H2,1-3H3. The van der Waals surface area contributed by atoms with Gasteiger partial charge in [-0.05, 0) is 36.9 Å². The molecule has 0 heterocycles. The average molecular weight is 281 g/mol. The molecule has 0 aliphatic heterocycles. The van der Waals surface area contributed by atoms with Gasteiger partial charge >= 0.3 is 0 Å². The summed E-state index contributed by atoms with van der Waals surface area (Å²) in [7, 11) is 2.09. The van der Waals surface area contributed by atoms with Gasteiger partial charge in [0.05, 0.1) is 0 Å². The van der Waals surface area contributed by atoms with Crippen LogP contribution in [0.5, 0.6) is 0 Å². The summed E-state index contributed by atoms with van der Waals surface area (Å²) >= 11 is 0. The highest BCUT2D eigenvalue weighted by atomic mass is 14.9. The van der Waals surface area contributed by atoms with Crippen molar-refractivity contribution in [3.8, 4) is 0 Å². The first-order chi connectivity index (χ1) is 10.2. The minimum Gasteiger partial charge on any atom is -0.316 e. The maximum atomic E-state index is 3.55. The third kappa shape index (κ3) is 4.44. The van der Waals surface area contributed by atoms with Gasteiger partial charge in [-0.25, -0.2) is 0 Å². The lowest BCUT2D eigenvalue weighted by atomic mass is 9.82. The van der Waals surface area contributed by atoms with Crippen molar-refractivity contribution in [2.24, 2.45) is 5.92 Å². The second-order valence-corrected chi connectivity index (χ2v) is 6.17. The van der Waals surface area contributed by atoms with Gasteiger partial charge in [0.2, 0.25) is 0 Å². The SMILES string of the molecule is CNC(CCC(C)C)C(c1ccccc1)c1ccccc1. The van der Waals surface area contributed by atoms with E-state index < -0.39 is 0 Å². The van der Waals surface area contributed by atoms with E-state index >= 15 is 0 Å². The van der Waals surface area contributed by atoms with E-state index in [0.717, 1.165) is 5.92 Å². The zero-order valence-corrected chi connectivity index (χ0v) is 13.4. The van der Waals surface area contributed by atoms with Gasteiger partial charge in [0, 0.05) is 12.0 Å². The molecule has 0 aliphatic rings. The molecule has 2 rings (SSSR count). The molecule has 0 fully saturated rings. The molecule has 0 amide bonds. The molecule has 0 aromatic heterocycles. The van der Waals surface area contributed by atoms with Crippen molar-refractivity contribution in [3.05, 3.63) is 71.8 Å². The van der Waals surface area contributed by atoms with Crippen LogP contribution in [0.4, 0.5) is 0 Å². The Labute approximate surface area is 129 Å². The molecule has 1 nitrogen and oxygen atoms in total. The maximum Gasteiger partial charge on any atom is 0.0243 e. The third-order valence-electron chi connectivity index (χ3n) is 4.15. The van der Waals surface area contributed by atoms with Gasteiger partial charge in [0.15, 0.2) is 0 Å². The number of hydrogen-bond donors (Lipinski definition) is 1. The maximum absolute atomic E-state index is 3.55. The van der Waals surface area contributed by atoms with E-state index in [1.807, 2.05) is 0 Å². The molecule has 0 spiro atoms. The molecule has 0 aliphatic carbocycles. The van der Waals surface area contributed by atoms with Gasteiger partial charge in [-0.2, -0.15) is 0 Å². The Kier molecular flexibility index (Phi) is 6.01. The van der Waals surface area contributed by atoms with Gasteiger partial charge in [-0.3, -0.25) is 0 Å². The molecule has 2 aromatic carbocycles. The second kappa shape index (κ2) is 7.99. The molecular formula is C20H27N. The highest BCUT2D eigenvalue weighted by Gasteiger charge is 2.23. The molecule has 0 saturated carbocycles. The van der Waals surface area contributed by atoms with Crippen molar-refractivity contribution in [1.82, 2.24) is 5.32 Å². The third-order valence-corrected chi connectivity index (χ3v) is 4.15. The number of likely N-dealkylation sites (N-methyl/N-ethyl adjacent to an activating group) is 1. The normalized spacial score (nSPS) is 12.8. The number of hydrogen-bond acceptors (Lipinski definition) is 1. The molecule has 0 bridgehead atoms. The van der Waals surface area contributed by atoms with E-state index in [2.05, 4.69) is 86.9 Å². The summed E-state index contributed by atoms with van der Waals surface area (Å²) in [6.07, 6.45) is 2.45. The molecule has 1 heteroatoms. The van der Waals surface area contributed by atoms with Crippen molar-refractivity contribution >= 4 is 0 Å². The quantitative estimate of drug-likeness (QED) is 0.765. The molecule has 1 N–H and O–H groups in total. The Morgan fingerprint density at radius 3 is 1.62 bits per heavy atom. The fourth-order valence-electron chi connectivity index (χ4n) is 2.97. The number of benzene rings is 2. The highest BCUT2D eigenvalue weighted by Crippen LogP contribution is 2.30. The lowest BCUT2D eigenvalue weighted by Crippen LogP contribution is -2.33. The minimum atomic E-state index is 0.413. The summed E-state index contributed by atoms with van der Waals surface area (Å²) in [5.41, 5.74) is 2.79. The van der Waals surface area contributed by atoms with Crippen LogP contribution in [0.15, 0.2) is 60.7 Å². The Hall–Kier alpha value is -1.60. The predicted octanol–water partition coefficient (Wildman–Crippen LogP) is 4.84. The van der Waals surface area contributed by atoms with E-state index in [0.29, 0.717) is 12.0 Å². The van der Waals surface area contributed by atoms with Gasteiger partial charge in [0.1, 0.15) is 0 Å². The van der Waals surface area contributed by atoms with Crippen LogP contribution in [0.2, 0.25) is 0 Å². The van der Waals surface area contributed by atoms with Gasteiger partial charge in [0.25, 0.3) is 0 Å². The molecule has 21 heavy (non-hydrogen) atoms. The van der Waals surface area contributed by atoms with Crippen LogP contribution in [0.3, 0.4) is 0 Å². The monoisotopic (exact) mass is 281 g/mol. The Morgan fingerprint density at radius 2 is 1.24 bits per heavy atom. The zero-order chi connectivity index (χ0) is 15.1. The summed E-state index contributed by atoms with van der Waals surface area (Å²) in [5, 5.41) is 3.55. The lowest BCUT2D eigenvalue weighted by molar-refractivity contribution is 0.422. The van der Waals surface area contributed by atoms with Crippen molar-refractivity contribution in [2.45, 2.75) is 38.6 Å². The smallest absolute Gasteiger partial charge is 0.0243 e. The van der Waals surface area contributed by atoms with Gasteiger partial charge < -0.3 is 5.32 Å². The predicted molar refractivity (Wildman–Crippen MR) is 91.6 cm³/mol. The van der Waals surface area contributed by atoms with E-state index in [1.165, 1.54) is 24.0 Å². The van der Waals surface area contributed by atoms with Crippen LogP contribution in [0.25, 0.3) is 0 Å². The van der Waals surface area contributed by atoms with E-state index in [4.69, 9.17) is 0 Å². The van der Waals surface area contributed by atoms with Crippen LogP contribution in [0, 0.1) is 5.92 Å². The summed E-state index contributed by atoms with van der Waals surface area (Å²) in [5.74, 6) is 1.16. The molecular weight excluding hydrogens is 254 g/mol. The first kappa shape index (κ1) is 15.8. The Balaban J connectivity index is 2.31. The first-order valence-electron chi connectivity index (χ1n) is 7.99. The summed E-state index contributed by atoms with van der Waals surface area (Å²) in [6.45, 7) is 4.60. The molecule has 2 aromatic rings. The number of nitrogens with one attached hydrogen (secondary N) is 1. The zero-order valence-electron chi connectivity index (χ0n) is 13.4. The summed E-state index contributed by atoms with van der Waals surface area (Å²) in [4.78, 5) is 0. The lowest BCUT2D eigenvalue weighted by Gasteiger charge is -2.28. The molecule has 0 saturated heterocycles. The Bertz CT molecular complexity index is 464. The molecule has 0 radical (unpaired) electrons. The van der Waals surface area contributed by atoms with Gasteiger partial charge in [-0.1, -0.05) is 74.5 Å². The van der Waals surface area contributed by atoms with Crippen molar-refractivity contribution in [1.29, 1.82) is 0 Å². The van der Waals surface area contributed by atoms with Gasteiger partial charge in [-0.15, -0.1) is 0 Å². The Morgan fingerprint density at radius 1 is 0.762 bits per heavy atom. The first-order valence-corrected chi connectivity index (χ1v) is 7.99. The topological polar surface area (TPSA) is 12.0 Å². The van der Waals surface area contributed by atoms with Crippen LogP contribution >= 0.6 is 0 Å². The van der Waals surface area contributed by atoms with Crippen LogP contribution in [-0.4, -0.2) is 13.1 Å². The van der Waals surface area contributed by atoms with Crippen molar-refractivity contribution < 1.29 is 0 Å². The van der Waals surface area contributed by atoms with E-state index in [9.17, 15) is 0 Å². The fourth-order valence-corrected chi connectivity index (χ4v) is 2.97. The summed E-state index contributed by atoms with van der Waals surface area (Å²) < 4.78 is 0. The van der Waals surface area contributed by atoms with Crippen LogP contribution in [-0.2, 0) is 0 Å². The van der Waals surface area contributed by atoms with E-state index in [1.54, 1.807) is 0 Å². The molecule has 112 valence electrons. The highest BCUT2D eigenvalue weighted by molar-refractivity contribution is 5.34.